The van der Waals surface area contributed by atoms with Crippen molar-refractivity contribution >= 4 is 11.9 Å². The van der Waals surface area contributed by atoms with Gasteiger partial charge in [-0.15, -0.1) is 0 Å². The Labute approximate surface area is 185 Å². The Morgan fingerprint density at radius 1 is 0.969 bits per heavy atom. The second-order valence-corrected chi connectivity index (χ2v) is 10.5. The first-order valence-electron chi connectivity index (χ1n) is 11.9. The van der Waals surface area contributed by atoms with Crippen molar-refractivity contribution in [1.82, 2.24) is 14.5 Å². The summed E-state index contributed by atoms with van der Waals surface area (Å²) in [5.74, 6) is -1.32. The molecular formula is C23H31N3O6. The third-order valence-electron chi connectivity index (χ3n) is 8.31. The topological polar surface area (TPSA) is 131 Å². The summed E-state index contributed by atoms with van der Waals surface area (Å²) in [5.41, 5.74) is -2.42. The lowest BCUT2D eigenvalue weighted by molar-refractivity contribution is -0.135. The van der Waals surface area contributed by atoms with Crippen LogP contribution in [0.15, 0.2) is 9.59 Å². The van der Waals surface area contributed by atoms with E-state index in [0.717, 1.165) is 57.8 Å². The van der Waals surface area contributed by atoms with Gasteiger partial charge >= 0.3 is 11.7 Å². The zero-order valence-electron chi connectivity index (χ0n) is 18.2. The van der Waals surface area contributed by atoms with Gasteiger partial charge in [-0.25, -0.2) is 4.79 Å². The number of hydrogen-bond donors (Lipinski definition) is 3. The molecule has 0 aromatic carbocycles. The van der Waals surface area contributed by atoms with Gasteiger partial charge in [-0.3, -0.25) is 23.5 Å². The molecule has 5 aliphatic rings. The lowest BCUT2D eigenvalue weighted by atomic mass is 9.53. The predicted octanol–water partition coefficient (Wildman–Crippen LogP) is 1.96. The molecule has 1 heterocycles. The molecule has 0 spiro atoms. The van der Waals surface area contributed by atoms with E-state index in [-0.39, 0.29) is 6.04 Å². The second-order valence-electron chi connectivity index (χ2n) is 10.5. The molecule has 1 amide bonds. The van der Waals surface area contributed by atoms with Gasteiger partial charge in [0.15, 0.2) is 5.56 Å². The number of amides is 1. The fourth-order valence-corrected chi connectivity index (χ4v) is 7.48. The van der Waals surface area contributed by atoms with Crippen LogP contribution < -0.4 is 16.6 Å². The van der Waals surface area contributed by atoms with Gasteiger partial charge in [-0.05, 0) is 69.1 Å². The molecule has 0 saturated heterocycles. The van der Waals surface area contributed by atoms with E-state index in [1.54, 1.807) is 0 Å². The van der Waals surface area contributed by atoms with Crippen LogP contribution in [0.4, 0.5) is 0 Å². The number of carboxylic acid groups (broad SMARTS) is 1. The molecule has 0 radical (unpaired) electrons. The molecule has 0 unspecified atom stereocenters. The van der Waals surface area contributed by atoms with Crippen LogP contribution in [0.3, 0.4) is 0 Å². The SMILES string of the molecule is O=C(O)CNC(=O)c1c(O)n(C23CC4CC(CC(C4)C2)C3)c(=O)n(C2CCCCC2)c1=O. The third kappa shape index (κ3) is 3.36. The van der Waals surface area contributed by atoms with Crippen LogP contribution in [0.1, 0.15) is 87.0 Å². The Morgan fingerprint density at radius 3 is 2.06 bits per heavy atom. The zero-order valence-corrected chi connectivity index (χ0v) is 18.2. The number of aromatic hydroxyl groups is 1. The first-order valence-corrected chi connectivity index (χ1v) is 11.9. The van der Waals surface area contributed by atoms with Crippen molar-refractivity contribution in [3.8, 4) is 5.88 Å². The normalized spacial score (nSPS) is 31.6. The number of aliphatic carboxylic acids is 1. The van der Waals surface area contributed by atoms with E-state index in [4.69, 9.17) is 5.11 Å². The first-order chi connectivity index (χ1) is 15.3. The molecule has 1 aromatic heterocycles. The number of hydrogen-bond acceptors (Lipinski definition) is 5. The highest BCUT2D eigenvalue weighted by atomic mass is 16.4. The molecule has 0 atom stereocenters. The van der Waals surface area contributed by atoms with Crippen molar-refractivity contribution in [2.45, 2.75) is 82.2 Å². The Kier molecular flexibility index (Phi) is 5.17. The molecular weight excluding hydrogens is 414 g/mol. The van der Waals surface area contributed by atoms with Gasteiger partial charge in [-0.1, -0.05) is 19.3 Å². The van der Waals surface area contributed by atoms with Crippen LogP contribution in [0.25, 0.3) is 0 Å². The molecule has 174 valence electrons. The van der Waals surface area contributed by atoms with Gasteiger partial charge in [0.2, 0.25) is 5.88 Å². The summed E-state index contributed by atoms with van der Waals surface area (Å²) < 4.78 is 2.55. The highest BCUT2D eigenvalue weighted by Gasteiger charge is 2.54. The summed E-state index contributed by atoms with van der Waals surface area (Å²) in [5, 5.41) is 22.4. The van der Waals surface area contributed by atoms with Gasteiger partial charge in [-0.2, -0.15) is 0 Å². The fourth-order valence-electron chi connectivity index (χ4n) is 7.48. The van der Waals surface area contributed by atoms with Crippen molar-refractivity contribution in [2.24, 2.45) is 17.8 Å². The smallest absolute Gasteiger partial charge is 0.334 e. The van der Waals surface area contributed by atoms with Crippen LogP contribution in [-0.2, 0) is 10.3 Å². The monoisotopic (exact) mass is 445 g/mol. The van der Waals surface area contributed by atoms with Crippen molar-refractivity contribution in [1.29, 1.82) is 0 Å². The first kappa shape index (κ1) is 21.3. The molecule has 5 saturated carbocycles. The molecule has 4 bridgehead atoms. The lowest BCUT2D eigenvalue weighted by Crippen LogP contribution is -2.58. The quantitative estimate of drug-likeness (QED) is 0.635. The van der Waals surface area contributed by atoms with Gasteiger partial charge in [0.1, 0.15) is 6.54 Å². The number of carbonyl (C=O) groups excluding carboxylic acids is 1. The Balaban J connectivity index is 1.68. The van der Waals surface area contributed by atoms with Gasteiger partial charge in [0.05, 0.1) is 5.54 Å². The summed E-state index contributed by atoms with van der Waals surface area (Å²) >= 11 is 0. The maximum absolute atomic E-state index is 13.8. The maximum Gasteiger partial charge on any atom is 0.334 e. The van der Waals surface area contributed by atoms with E-state index in [2.05, 4.69) is 5.32 Å². The fraction of sp³-hybridized carbons (Fsp3) is 0.739. The Morgan fingerprint density at radius 2 is 1.53 bits per heavy atom. The second kappa shape index (κ2) is 7.78. The average Bonchev–Trinajstić information content (AvgIpc) is 2.71. The van der Waals surface area contributed by atoms with Crippen molar-refractivity contribution in [2.75, 3.05) is 6.54 Å². The Hall–Kier alpha value is -2.58. The van der Waals surface area contributed by atoms with E-state index in [0.29, 0.717) is 30.6 Å². The van der Waals surface area contributed by atoms with E-state index < -0.39 is 46.7 Å². The maximum atomic E-state index is 13.8. The number of carbonyl (C=O) groups is 2. The van der Waals surface area contributed by atoms with Crippen LogP contribution in [0, 0.1) is 17.8 Å². The van der Waals surface area contributed by atoms with Crippen LogP contribution in [0.5, 0.6) is 5.88 Å². The summed E-state index contributed by atoms with van der Waals surface area (Å²) in [6.45, 7) is -0.669. The average molecular weight is 446 g/mol. The van der Waals surface area contributed by atoms with Gasteiger partial charge in [0, 0.05) is 6.04 Å². The number of nitrogens with zero attached hydrogens (tertiary/aromatic N) is 2. The molecule has 1 aromatic rings. The van der Waals surface area contributed by atoms with Crippen LogP contribution in [0.2, 0.25) is 0 Å². The summed E-state index contributed by atoms with van der Waals surface area (Å²) in [6.07, 6.45) is 9.93. The van der Waals surface area contributed by atoms with Crippen LogP contribution in [-0.4, -0.2) is 37.8 Å². The highest BCUT2D eigenvalue weighted by Crippen LogP contribution is 2.59. The van der Waals surface area contributed by atoms with Gasteiger partial charge < -0.3 is 15.5 Å². The van der Waals surface area contributed by atoms with Gasteiger partial charge in [0.25, 0.3) is 11.5 Å². The highest BCUT2D eigenvalue weighted by molar-refractivity contribution is 5.97. The molecule has 3 N–H and O–H groups in total. The summed E-state index contributed by atoms with van der Waals surface area (Å²) in [7, 11) is 0. The molecule has 5 aliphatic carbocycles. The van der Waals surface area contributed by atoms with E-state index in [1.807, 2.05) is 0 Å². The van der Waals surface area contributed by atoms with Crippen molar-refractivity contribution in [3.05, 3.63) is 26.4 Å². The molecule has 5 fully saturated rings. The lowest BCUT2D eigenvalue weighted by Gasteiger charge is -2.57. The number of aromatic nitrogens is 2. The van der Waals surface area contributed by atoms with E-state index in [9.17, 15) is 24.3 Å². The molecule has 9 heteroatoms. The minimum atomic E-state index is -1.25. The third-order valence-corrected chi connectivity index (χ3v) is 8.31. The molecule has 9 nitrogen and oxygen atoms in total. The molecule has 32 heavy (non-hydrogen) atoms. The number of carboxylic acids is 1. The summed E-state index contributed by atoms with van der Waals surface area (Å²) in [6, 6.07) is -0.310. The van der Waals surface area contributed by atoms with E-state index in [1.165, 1.54) is 9.13 Å². The van der Waals surface area contributed by atoms with Crippen LogP contribution >= 0.6 is 0 Å². The number of nitrogens with one attached hydrogen (secondary N) is 1. The van der Waals surface area contributed by atoms with Crippen molar-refractivity contribution < 1.29 is 19.8 Å². The largest absolute Gasteiger partial charge is 0.494 e. The minimum absolute atomic E-state index is 0.310. The molecule has 0 aliphatic heterocycles. The Bertz CT molecular complexity index is 1030. The standard InChI is InChI=1S/C23H31N3O6/c27-17(28)12-24-19(29)18-20(30)25(16-4-2-1-3-5-16)22(32)26(21(18)31)23-9-13-6-14(10-23)8-15(7-13)11-23/h13-16,31H,1-12H2,(H,24,29)(H,27,28). The number of rotatable bonds is 5. The zero-order chi connectivity index (χ0) is 22.6. The van der Waals surface area contributed by atoms with E-state index >= 15 is 0 Å². The minimum Gasteiger partial charge on any atom is -0.494 e. The summed E-state index contributed by atoms with van der Waals surface area (Å²) in [4.78, 5) is 51.0. The molecule has 6 rings (SSSR count). The van der Waals surface area contributed by atoms with Crippen molar-refractivity contribution in [3.63, 3.8) is 0 Å². The predicted molar refractivity (Wildman–Crippen MR) is 115 cm³/mol.